The normalized spacial score (nSPS) is 12.0. The lowest BCUT2D eigenvalue weighted by molar-refractivity contribution is -0.141. The summed E-state index contributed by atoms with van der Waals surface area (Å²) in [6, 6.07) is 3.61. The number of aromatic amines is 1. The quantitative estimate of drug-likeness (QED) is 0.736. The Morgan fingerprint density at radius 1 is 1.10 bits per heavy atom. The molecule has 3 heterocycles. The summed E-state index contributed by atoms with van der Waals surface area (Å²) in [6.07, 6.45) is -3.05. The number of halogens is 4. The van der Waals surface area contributed by atoms with Crippen LogP contribution in [0.3, 0.4) is 0 Å². The Hall–Kier alpha value is -2.03. The molecule has 0 aromatic carbocycles. The molecule has 102 valence electrons. The van der Waals surface area contributed by atoms with E-state index in [1.54, 1.807) is 0 Å². The van der Waals surface area contributed by atoms with Crippen molar-refractivity contribution in [2.45, 2.75) is 6.18 Å². The van der Waals surface area contributed by atoms with Crippen molar-refractivity contribution >= 4 is 27.2 Å². The van der Waals surface area contributed by atoms with E-state index in [9.17, 15) is 13.2 Å². The van der Waals surface area contributed by atoms with E-state index in [0.717, 1.165) is 6.07 Å². The maximum Gasteiger partial charge on any atom is 0.433 e. The first-order valence-electron chi connectivity index (χ1n) is 5.36. The molecule has 0 radical (unpaired) electrons. The van der Waals surface area contributed by atoms with E-state index in [0.29, 0.717) is 15.9 Å². The Kier molecular flexibility index (Phi) is 2.93. The Balaban J connectivity index is 2.11. The van der Waals surface area contributed by atoms with Gasteiger partial charge in [-0.2, -0.15) is 13.2 Å². The minimum atomic E-state index is -4.50. The molecule has 0 amide bonds. The zero-order chi connectivity index (χ0) is 14.3. The maximum absolute atomic E-state index is 12.6. The number of imidazole rings is 1. The summed E-state index contributed by atoms with van der Waals surface area (Å²) in [7, 11) is 0. The van der Waals surface area contributed by atoms with Crippen LogP contribution in [-0.2, 0) is 6.18 Å². The van der Waals surface area contributed by atoms with Crippen LogP contribution >= 0.6 is 15.9 Å². The van der Waals surface area contributed by atoms with Crippen molar-refractivity contribution in [3.05, 3.63) is 34.7 Å². The van der Waals surface area contributed by atoms with Gasteiger partial charge in [-0.05, 0) is 28.1 Å². The first-order valence-corrected chi connectivity index (χ1v) is 6.16. The van der Waals surface area contributed by atoms with Crippen LogP contribution in [0, 0.1) is 0 Å². The fourth-order valence-corrected chi connectivity index (χ4v) is 1.90. The summed E-state index contributed by atoms with van der Waals surface area (Å²) in [6.45, 7) is 0. The molecule has 5 nitrogen and oxygen atoms in total. The number of fused-ring (bicyclic) bond motifs is 1. The van der Waals surface area contributed by atoms with Gasteiger partial charge in [0.2, 0.25) is 0 Å². The van der Waals surface area contributed by atoms with E-state index < -0.39 is 11.9 Å². The molecule has 0 aliphatic carbocycles. The summed E-state index contributed by atoms with van der Waals surface area (Å²) in [5.41, 5.74) is -0.218. The predicted octanol–water partition coefficient (Wildman–Crippen LogP) is 3.20. The highest BCUT2D eigenvalue weighted by atomic mass is 79.9. The number of nitrogens with zero attached hydrogens (tertiary/aromatic N) is 4. The smallest absolute Gasteiger partial charge is 0.320 e. The van der Waals surface area contributed by atoms with E-state index in [1.165, 1.54) is 18.3 Å². The number of hydrogen-bond donors (Lipinski definition) is 1. The van der Waals surface area contributed by atoms with Gasteiger partial charge in [0.25, 0.3) is 0 Å². The van der Waals surface area contributed by atoms with Crippen LogP contribution in [-0.4, -0.2) is 24.9 Å². The van der Waals surface area contributed by atoms with Gasteiger partial charge in [0.1, 0.15) is 16.0 Å². The second-order valence-corrected chi connectivity index (χ2v) is 4.67. The van der Waals surface area contributed by atoms with Gasteiger partial charge >= 0.3 is 6.18 Å². The number of alkyl halides is 3. The molecule has 0 fully saturated rings. The van der Waals surface area contributed by atoms with Gasteiger partial charge in [0, 0.05) is 0 Å². The number of H-pyrrole nitrogens is 1. The molecule has 0 bridgehead atoms. The molecule has 3 rings (SSSR count). The van der Waals surface area contributed by atoms with Crippen molar-refractivity contribution in [3.63, 3.8) is 0 Å². The lowest BCUT2D eigenvalue weighted by Gasteiger charge is -2.05. The molecular formula is C11H5BrF3N5. The second-order valence-electron chi connectivity index (χ2n) is 3.86. The first-order chi connectivity index (χ1) is 9.43. The Labute approximate surface area is 118 Å². The van der Waals surface area contributed by atoms with Crippen molar-refractivity contribution in [1.82, 2.24) is 24.9 Å². The lowest BCUT2D eigenvalue weighted by Crippen LogP contribution is -2.08. The Morgan fingerprint density at radius 3 is 2.65 bits per heavy atom. The molecule has 0 spiro atoms. The summed E-state index contributed by atoms with van der Waals surface area (Å²) < 4.78 is 38.3. The highest BCUT2D eigenvalue weighted by Gasteiger charge is 2.32. The summed E-state index contributed by atoms with van der Waals surface area (Å²) in [5, 5.41) is 0. The minimum absolute atomic E-state index is 0.0794. The summed E-state index contributed by atoms with van der Waals surface area (Å²) >= 11 is 3.15. The van der Waals surface area contributed by atoms with Gasteiger partial charge in [-0.1, -0.05) is 6.07 Å². The molecule has 0 unspecified atom stereocenters. The molecule has 0 atom stereocenters. The maximum atomic E-state index is 12.6. The Morgan fingerprint density at radius 2 is 1.90 bits per heavy atom. The van der Waals surface area contributed by atoms with Gasteiger partial charge in [-0.15, -0.1) is 0 Å². The number of aromatic nitrogens is 5. The van der Waals surface area contributed by atoms with Crippen LogP contribution in [0.4, 0.5) is 13.2 Å². The van der Waals surface area contributed by atoms with E-state index in [-0.39, 0.29) is 11.5 Å². The SMILES string of the molecule is FC(F)(F)c1cccc(-c2nc3ncc(Br)nc3[nH]2)n1. The molecule has 0 saturated heterocycles. The topological polar surface area (TPSA) is 67.3 Å². The van der Waals surface area contributed by atoms with Gasteiger partial charge in [-0.25, -0.2) is 19.9 Å². The van der Waals surface area contributed by atoms with Crippen LogP contribution in [0.1, 0.15) is 5.69 Å². The zero-order valence-corrected chi connectivity index (χ0v) is 11.2. The number of rotatable bonds is 1. The van der Waals surface area contributed by atoms with Gasteiger partial charge in [0.05, 0.1) is 6.20 Å². The Bertz CT molecular complexity index is 783. The largest absolute Gasteiger partial charge is 0.433 e. The molecule has 0 aliphatic rings. The minimum Gasteiger partial charge on any atom is -0.320 e. The lowest BCUT2D eigenvalue weighted by atomic mass is 10.3. The average Bonchev–Trinajstić information content (AvgIpc) is 2.81. The monoisotopic (exact) mass is 343 g/mol. The van der Waals surface area contributed by atoms with Crippen molar-refractivity contribution < 1.29 is 13.2 Å². The highest BCUT2D eigenvalue weighted by Crippen LogP contribution is 2.29. The molecule has 0 aliphatic heterocycles. The van der Waals surface area contributed by atoms with E-state index in [2.05, 4.69) is 40.8 Å². The third kappa shape index (κ3) is 2.36. The molecule has 0 saturated carbocycles. The van der Waals surface area contributed by atoms with Crippen LogP contribution in [0.15, 0.2) is 29.0 Å². The summed E-state index contributed by atoms with van der Waals surface area (Å²) in [5.74, 6) is 0.184. The van der Waals surface area contributed by atoms with E-state index in [4.69, 9.17) is 0 Å². The molecular weight excluding hydrogens is 339 g/mol. The van der Waals surface area contributed by atoms with Crippen LogP contribution in [0.25, 0.3) is 22.8 Å². The van der Waals surface area contributed by atoms with Gasteiger partial charge < -0.3 is 4.98 Å². The molecule has 9 heteroatoms. The van der Waals surface area contributed by atoms with Crippen molar-refractivity contribution in [3.8, 4) is 11.5 Å². The van der Waals surface area contributed by atoms with E-state index >= 15 is 0 Å². The molecule has 20 heavy (non-hydrogen) atoms. The fourth-order valence-electron chi connectivity index (χ4n) is 1.62. The van der Waals surface area contributed by atoms with Crippen LogP contribution in [0.5, 0.6) is 0 Å². The standard InChI is InChI=1S/C11H5BrF3N5/c12-7-4-16-9-10(18-7)20-8(19-9)5-2-1-3-6(17-5)11(13,14)15/h1-4H,(H,16,18,19,20). The van der Waals surface area contributed by atoms with Gasteiger partial charge in [0.15, 0.2) is 17.1 Å². The molecule has 3 aromatic heterocycles. The average molecular weight is 344 g/mol. The van der Waals surface area contributed by atoms with Crippen molar-refractivity contribution in [2.24, 2.45) is 0 Å². The third-order valence-corrected chi connectivity index (χ3v) is 2.84. The third-order valence-electron chi connectivity index (χ3n) is 2.46. The summed E-state index contributed by atoms with van der Waals surface area (Å²) in [4.78, 5) is 18.5. The predicted molar refractivity (Wildman–Crippen MR) is 67.6 cm³/mol. The molecule has 1 N–H and O–H groups in total. The highest BCUT2D eigenvalue weighted by molar-refractivity contribution is 9.10. The fraction of sp³-hybridized carbons (Fsp3) is 0.0909. The van der Waals surface area contributed by atoms with Crippen molar-refractivity contribution in [2.75, 3.05) is 0 Å². The number of nitrogens with one attached hydrogen (secondary N) is 1. The first kappa shape index (κ1) is 13.0. The molecule has 3 aromatic rings. The number of pyridine rings is 1. The van der Waals surface area contributed by atoms with Crippen LogP contribution in [0.2, 0.25) is 0 Å². The zero-order valence-electron chi connectivity index (χ0n) is 9.61. The van der Waals surface area contributed by atoms with Crippen molar-refractivity contribution in [1.29, 1.82) is 0 Å². The van der Waals surface area contributed by atoms with E-state index in [1.807, 2.05) is 0 Å². The van der Waals surface area contributed by atoms with Gasteiger partial charge in [-0.3, -0.25) is 0 Å². The number of hydrogen-bond acceptors (Lipinski definition) is 4. The second kappa shape index (κ2) is 4.51. The van der Waals surface area contributed by atoms with Crippen LogP contribution < -0.4 is 0 Å².